The van der Waals surface area contributed by atoms with Crippen molar-refractivity contribution in [3.8, 4) is 22.8 Å². The van der Waals surface area contributed by atoms with E-state index in [0.717, 1.165) is 29.7 Å². The van der Waals surface area contributed by atoms with E-state index in [1.807, 2.05) is 37.8 Å². The van der Waals surface area contributed by atoms with Crippen LogP contribution in [0.4, 0.5) is 10.6 Å². The van der Waals surface area contributed by atoms with E-state index in [1.54, 1.807) is 4.90 Å². The molecular weight excluding hydrogens is 546 g/mol. The van der Waals surface area contributed by atoms with E-state index in [0.29, 0.717) is 52.7 Å². The molecule has 4 aromatic rings. The van der Waals surface area contributed by atoms with Crippen LogP contribution in [0.5, 0.6) is 0 Å². The first kappa shape index (κ1) is 28.8. The van der Waals surface area contributed by atoms with Gasteiger partial charge in [-0.2, -0.15) is 5.10 Å². The molecule has 4 aromatic heterocycles. The number of carbonyl (C=O) groups excluding carboxylic acids is 1. The van der Waals surface area contributed by atoms with Gasteiger partial charge in [0.1, 0.15) is 29.1 Å². The van der Waals surface area contributed by atoms with Crippen LogP contribution in [0.2, 0.25) is 0 Å². The third kappa shape index (κ3) is 5.34. The maximum absolute atomic E-state index is 12.7. The van der Waals surface area contributed by atoms with Crippen molar-refractivity contribution in [2.75, 3.05) is 18.8 Å². The first-order chi connectivity index (χ1) is 20.1. The molecule has 12 nitrogen and oxygen atoms in total. The van der Waals surface area contributed by atoms with E-state index in [-0.39, 0.29) is 23.0 Å². The zero-order valence-corrected chi connectivity index (χ0v) is 26.1. The first-order valence-corrected chi connectivity index (χ1v) is 14.6. The molecule has 43 heavy (non-hydrogen) atoms. The molecule has 6 rings (SSSR count). The Balaban J connectivity index is 1.39. The van der Waals surface area contributed by atoms with Crippen LogP contribution in [0.25, 0.3) is 39.4 Å². The highest BCUT2D eigenvalue weighted by Crippen LogP contribution is 2.48. The summed E-state index contributed by atoms with van der Waals surface area (Å²) in [6.45, 7) is 17.0. The van der Waals surface area contributed by atoms with Crippen molar-refractivity contribution < 1.29 is 14.1 Å². The fourth-order valence-corrected chi connectivity index (χ4v) is 5.59. The molecule has 0 spiro atoms. The molecule has 0 unspecified atom stereocenters. The molecule has 12 heteroatoms. The Hall–Kier alpha value is -4.35. The fourth-order valence-electron chi connectivity index (χ4n) is 5.59. The zero-order valence-electron chi connectivity index (χ0n) is 26.1. The fraction of sp³-hybridized carbons (Fsp3) is 0.516. The van der Waals surface area contributed by atoms with Gasteiger partial charge in [-0.05, 0) is 60.0 Å². The van der Waals surface area contributed by atoms with Crippen molar-refractivity contribution >= 4 is 28.5 Å². The summed E-state index contributed by atoms with van der Waals surface area (Å²) >= 11 is 0. The lowest BCUT2D eigenvalue weighted by Gasteiger charge is -2.39. The standard InChI is InChI=1S/C31H39N9O3/c1-29(2,3)40-27-21(25(32)35-16-36-27)22(37-40)23-20(24(43-38-23)17-9-10-17)26-33-13-18(14-34-26)19-11-12-39(15-31(19,7)8)28(41)42-30(4,5)6/h11,13-14,16-17H,9-10,12,15H2,1-8H3,(H2,32,35,36). The van der Waals surface area contributed by atoms with Gasteiger partial charge in [0.15, 0.2) is 17.2 Å². The zero-order chi connectivity index (χ0) is 30.9. The molecule has 1 aliphatic carbocycles. The van der Waals surface area contributed by atoms with E-state index in [1.165, 1.54) is 6.33 Å². The van der Waals surface area contributed by atoms with Crippen LogP contribution in [0, 0.1) is 5.41 Å². The summed E-state index contributed by atoms with van der Waals surface area (Å²) in [7, 11) is 0. The Bertz CT molecular complexity index is 1730. The number of hydrogen-bond acceptors (Lipinski definition) is 10. The quantitative estimate of drug-likeness (QED) is 0.310. The van der Waals surface area contributed by atoms with E-state index in [2.05, 4.69) is 55.8 Å². The van der Waals surface area contributed by atoms with E-state index >= 15 is 0 Å². The third-order valence-corrected chi connectivity index (χ3v) is 7.69. The van der Waals surface area contributed by atoms with Crippen LogP contribution < -0.4 is 5.73 Å². The molecule has 226 valence electrons. The number of ether oxygens (including phenoxy) is 1. The van der Waals surface area contributed by atoms with Crippen LogP contribution in [-0.4, -0.2) is 64.6 Å². The van der Waals surface area contributed by atoms with Gasteiger partial charge in [-0.1, -0.05) is 25.1 Å². The van der Waals surface area contributed by atoms with Gasteiger partial charge < -0.3 is 19.9 Å². The van der Waals surface area contributed by atoms with Crippen LogP contribution in [0.3, 0.4) is 0 Å². The van der Waals surface area contributed by atoms with Gasteiger partial charge in [0.25, 0.3) is 0 Å². The SMILES string of the molecule is CC(C)(C)OC(=O)N1CC=C(c2cnc(-c3c(-c4nn(C(C)(C)C)c5ncnc(N)c45)noc3C3CC3)nc2)C(C)(C)C1. The number of fused-ring (bicyclic) bond motifs is 1. The predicted molar refractivity (Wildman–Crippen MR) is 163 cm³/mol. The average molecular weight is 586 g/mol. The number of nitrogens with zero attached hydrogens (tertiary/aromatic N) is 8. The third-order valence-electron chi connectivity index (χ3n) is 7.69. The molecule has 2 aliphatic rings. The Morgan fingerprint density at radius 3 is 2.35 bits per heavy atom. The highest BCUT2D eigenvalue weighted by Gasteiger charge is 2.38. The van der Waals surface area contributed by atoms with Crippen LogP contribution in [0.1, 0.15) is 85.5 Å². The smallest absolute Gasteiger partial charge is 0.410 e. The lowest BCUT2D eigenvalue weighted by Crippen LogP contribution is -2.45. The summed E-state index contributed by atoms with van der Waals surface area (Å²) in [5.41, 5.74) is 9.49. The van der Waals surface area contributed by atoms with Gasteiger partial charge in [-0.25, -0.2) is 29.4 Å². The summed E-state index contributed by atoms with van der Waals surface area (Å²) in [5, 5.41) is 10.0. The number of nitrogens with two attached hydrogens (primary N) is 1. The van der Waals surface area contributed by atoms with Gasteiger partial charge in [-0.3, -0.25) is 0 Å². The number of hydrogen-bond donors (Lipinski definition) is 1. The second-order valence-corrected chi connectivity index (χ2v) is 14.1. The molecular formula is C31H39N9O3. The summed E-state index contributed by atoms with van der Waals surface area (Å²) in [5.74, 6) is 1.82. The molecule has 1 saturated carbocycles. The van der Waals surface area contributed by atoms with Gasteiger partial charge in [0, 0.05) is 42.4 Å². The summed E-state index contributed by atoms with van der Waals surface area (Å²) in [4.78, 5) is 32.9. The summed E-state index contributed by atoms with van der Waals surface area (Å²) < 4.78 is 13.4. The van der Waals surface area contributed by atoms with Crippen molar-refractivity contribution in [1.29, 1.82) is 0 Å². The van der Waals surface area contributed by atoms with Crippen LogP contribution >= 0.6 is 0 Å². The first-order valence-electron chi connectivity index (χ1n) is 14.6. The number of rotatable bonds is 4. The molecule has 0 bridgehead atoms. The Labute approximate surface area is 250 Å². The maximum Gasteiger partial charge on any atom is 0.410 e. The van der Waals surface area contributed by atoms with E-state index in [9.17, 15) is 4.79 Å². The number of anilines is 1. The topological polar surface area (TPSA) is 151 Å². The molecule has 0 atom stereocenters. The number of nitrogen functional groups attached to an aromatic ring is 1. The predicted octanol–water partition coefficient (Wildman–Crippen LogP) is 5.81. The second kappa shape index (κ2) is 9.85. The summed E-state index contributed by atoms with van der Waals surface area (Å²) in [6, 6.07) is 0. The highest BCUT2D eigenvalue weighted by molar-refractivity contribution is 6.00. The largest absolute Gasteiger partial charge is 0.444 e. The maximum atomic E-state index is 12.7. The lowest BCUT2D eigenvalue weighted by molar-refractivity contribution is 0.0219. The molecule has 0 aromatic carbocycles. The molecule has 0 saturated heterocycles. The van der Waals surface area contributed by atoms with Crippen molar-refractivity contribution in [1.82, 2.24) is 39.8 Å². The highest BCUT2D eigenvalue weighted by atomic mass is 16.6. The molecule has 1 fully saturated rings. The van der Waals surface area contributed by atoms with Crippen molar-refractivity contribution in [2.24, 2.45) is 5.41 Å². The lowest BCUT2D eigenvalue weighted by atomic mass is 9.78. The molecule has 5 heterocycles. The van der Waals surface area contributed by atoms with Crippen molar-refractivity contribution in [2.45, 2.75) is 85.3 Å². The van der Waals surface area contributed by atoms with Crippen molar-refractivity contribution in [3.05, 3.63) is 36.1 Å². The Morgan fingerprint density at radius 2 is 1.74 bits per heavy atom. The number of amides is 1. The van der Waals surface area contributed by atoms with Crippen LogP contribution in [-0.2, 0) is 10.3 Å². The molecule has 2 N–H and O–H groups in total. The van der Waals surface area contributed by atoms with E-state index in [4.69, 9.17) is 30.1 Å². The minimum absolute atomic E-state index is 0.253. The normalized spacial score (nSPS) is 17.3. The van der Waals surface area contributed by atoms with Crippen LogP contribution in [0.15, 0.2) is 29.3 Å². The molecule has 1 aliphatic heterocycles. The Kier molecular flexibility index (Phi) is 6.59. The van der Waals surface area contributed by atoms with E-state index < -0.39 is 5.60 Å². The van der Waals surface area contributed by atoms with Gasteiger partial charge in [0.05, 0.1) is 16.5 Å². The molecule has 1 amide bonds. The summed E-state index contributed by atoms with van der Waals surface area (Å²) in [6.07, 6.45) is 8.86. The van der Waals surface area contributed by atoms with Gasteiger partial charge in [-0.15, -0.1) is 0 Å². The second-order valence-electron chi connectivity index (χ2n) is 14.1. The van der Waals surface area contributed by atoms with Gasteiger partial charge >= 0.3 is 6.09 Å². The minimum atomic E-state index is -0.551. The Morgan fingerprint density at radius 1 is 1.05 bits per heavy atom. The minimum Gasteiger partial charge on any atom is -0.444 e. The number of carbonyl (C=O) groups is 1. The molecule has 0 radical (unpaired) electrons. The van der Waals surface area contributed by atoms with Gasteiger partial charge in [0.2, 0.25) is 0 Å². The number of aromatic nitrogens is 7. The monoisotopic (exact) mass is 585 g/mol. The average Bonchev–Trinajstić information content (AvgIpc) is 3.52. The van der Waals surface area contributed by atoms with Crippen molar-refractivity contribution in [3.63, 3.8) is 0 Å².